The summed E-state index contributed by atoms with van der Waals surface area (Å²) in [5.41, 5.74) is 0.746. The van der Waals surface area contributed by atoms with Gasteiger partial charge in [-0.1, -0.05) is 11.6 Å². The average molecular weight is 454 g/mol. The van der Waals surface area contributed by atoms with Crippen LogP contribution in [-0.4, -0.2) is 94.0 Å². The number of amides is 1. The van der Waals surface area contributed by atoms with Crippen LogP contribution in [0.4, 0.5) is 4.79 Å². The van der Waals surface area contributed by atoms with Crippen LogP contribution in [0.1, 0.15) is 47.0 Å². The van der Waals surface area contributed by atoms with Crippen LogP contribution in [0.3, 0.4) is 0 Å². The van der Waals surface area contributed by atoms with Crippen LogP contribution < -0.4 is 10.6 Å². The molecule has 0 aromatic carbocycles. The van der Waals surface area contributed by atoms with Gasteiger partial charge in [0.05, 0.1) is 18.6 Å². The average Bonchev–Trinajstić information content (AvgIpc) is 3.63. The number of hydrogen-bond acceptors (Lipinski definition) is 7. The molecule has 8 nitrogen and oxygen atoms in total. The Bertz CT molecular complexity index is 679. The molecule has 1 amide bonds. The lowest BCUT2D eigenvalue weighted by atomic mass is 9.68. The molecule has 184 valence electrons. The molecule has 2 saturated heterocycles. The summed E-state index contributed by atoms with van der Waals surface area (Å²) in [5, 5.41) is 6.11. The van der Waals surface area contributed by atoms with Crippen molar-refractivity contribution < 1.29 is 23.7 Å². The normalized spacial score (nSPS) is 36.6. The smallest absolute Gasteiger partial charge is 0.407 e. The molecule has 3 rings (SSSR count). The number of epoxide rings is 2. The molecule has 2 N–H and O–H groups in total. The Hall–Kier alpha value is -1.19. The quantitative estimate of drug-likeness (QED) is 0.367. The van der Waals surface area contributed by atoms with E-state index >= 15 is 0 Å². The Morgan fingerprint density at radius 2 is 2.09 bits per heavy atom. The zero-order chi connectivity index (χ0) is 23.5. The van der Waals surface area contributed by atoms with E-state index in [2.05, 4.69) is 42.4 Å². The molecular formula is C24H43N3O5. The van der Waals surface area contributed by atoms with Crippen LogP contribution in [0.15, 0.2) is 11.6 Å². The summed E-state index contributed by atoms with van der Waals surface area (Å²) in [6.07, 6.45) is 3.86. The summed E-state index contributed by atoms with van der Waals surface area (Å²) in [5.74, 6) is 0.0345. The SMILES string of the molecule is CNCCN(C)CC(C)NC(=O)OC1CC[C@]2(CO2)C(C2(C)O[C@@H]2CC=C(C)C)C1OC. The molecule has 1 aliphatic carbocycles. The highest BCUT2D eigenvalue weighted by atomic mass is 16.6. The third-order valence-electron chi connectivity index (χ3n) is 7.19. The van der Waals surface area contributed by atoms with Gasteiger partial charge in [-0.05, 0) is 61.1 Å². The molecule has 7 atom stereocenters. The first-order valence-electron chi connectivity index (χ1n) is 11.9. The van der Waals surface area contributed by atoms with Crippen LogP contribution >= 0.6 is 0 Å². The number of allylic oxidation sites excluding steroid dienone is 1. The molecule has 8 heteroatoms. The van der Waals surface area contributed by atoms with Gasteiger partial charge < -0.3 is 34.5 Å². The van der Waals surface area contributed by atoms with Crippen molar-refractivity contribution in [1.82, 2.24) is 15.5 Å². The first-order valence-corrected chi connectivity index (χ1v) is 11.9. The zero-order valence-corrected chi connectivity index (χ0v) is 20.9. The number of hydrogen-bond donors (Lipinski definition) is 2. The summed E-state index contributed by atoms with van der Waals surface area (Å²) < 4.78 is 24.1. The molecule has 3 aliphatic rings. The Kier molecular flexibility index (Phi) is 8.25. The number of rotatable bonds is 11. The number of likely N-dealkylation sites (N-methyl/N-ethyl adjacent to an activating group) is 2. The first-order chi connectivity index (χ1) is 15.1. The van der Waals surface area contributed by atoms with E-state index in [-0.39, 0.29) is 47.6 Å². The molecule has 1 spiro atoms. The topological polar surface area (TPSA) is 87.9 Å². The number of nitrogens with zero attached hydrogens (tertiary/aromatic N) is 1. The molecule has 2 heterocycles. The fraction of sp³-hybridized carbons (Fsp3) is 0.875. The number of carbonyl (C=O) groups excluding carboxylic acids is 1. The molecule has 0 aromatic rings. The number of nitrogens with one attached hydrogen (secondary N) is 2. The van der Waals surface area contributed by atoms with Crippen molar-refractivity contribution in [3.05, 3.63) is 11.6 Å². The van der Waals surface area contributed by atoms with Gasteiger partial charge in [-0.25, -0.2) is 4.79 Å². The Morgan fingerprint density at radius 1 is 1.38 bits per heavy atom. The van der Waals surface area contributed by atoms with E-state index < -0.39 is 0 Å². The van der Waals surface area contributed by atoms with Gasteiger partial charge in [0, 0.05) is 32.8 Å². The zero-order valence-electron chi connectivity index (χ0n) is 20.9. The van der Waals surface area contributed by atoms with Crippen LogP contribution in [0.25, 0.3) is 0 Å². The van der Waals surface area contributed by atoms with Crippen LogP contribution in [0.5, 0.6) is 0 Å². The fourth-order valence-electron chi connectivity index (χ4n) is 5.35. The van der Waals surface area contributed by atoms with E-state index in [4.69, 9.17) is 18.9 Å². The van der Waals surface area contributed by atoms with E-state index in [0.717, 1.165) is 45.5 Å². The standard InChI is InChI=1S/C24H43N3O5/c1-16(2)8-9-19-23(4,32-19)21-20(29-7)18(10-11-24(21)15-30-24)31-22(28)26-17(3)14-27(6)13-12-25-5/h8,17-21,25H,9-15H2,1-7H3,(H,26,28)/t17?,18?,19-,20?,21?,23?,24+/m1/s1. The predicted octanol–water partition coefficient (Wildman–Crippen LogP) is 2.33. The van der Waals surface area contributed by atoms with Crippen LogP contribution in [0, 0.1) is 5.92 Å². The van der Waals surface area contributed by atoms with Gasteiger partial charge in [-0.3, -0.25) is 0 Å². The highest BCUT2D eigenvalue weighted by molar-refractivity contribution is 5.67. The van der Waals surface area contributed by atoms with Crippen molar-refractivity contribution in [2.75, 3.05) is 47.4 Å². The number of carbonyl (C=O) groups is 1. The van der Waals surface area contributed by atoms with Crippen molar-refractivity contribution >= 4 is 6.09 Å². The minimum Gasteiger partial charge on any atom is -0.443 e. The number of ether oxygens (including phenoxy) is 4. The van der Waals surface area contributed by atoms with Crippen molar-refractivity contribution in [2.24, 2.45) is 5.92 Å². The molecular weight excluding hydrogens is 410 g/mol. The van der Waals surface area contributed by atoms with E-state index in [1.807, 2.05) is 21.0 Å². The van der Waals surface area contributed by atoms with E-state index in [0.29, 0.717) is 0 Å². The van der Waals surface area contributed by atoms with Crippen molar-refractivity contribution in [3.63, 3.8) is 0 Å². The summed E-state index contributed by atoms with van der Waals surface area (Å²) >= 11 is 0. The summed E-state index contributed by atoms with van der Waals surface area (Å²) in [4.78, 5) is 14.9. The fourth-order valence-corrected chi connectivity index (χ4v) is 5.35. The summed E-state index contributed by atoms with van der Waals surface area (Å²) in [6.45, 7) is 11.7. The molecule has 32 heavy (non-hydrogen) atoms. The van der Waals surface area contributed by atoms with Gasteiger partial charge in [0.25, 0.3) is 0 Å². The lowest BCUT2D eigenvalue weighted by Crippen LogP contribution is -2.56. The summed E-state index contributed by atoms with van der Waals surface area (Å²) in [6, 6.07) is -0.0134. The molecule has 0 bridgehead atoms. The lowest BCUT2D eigenvalue weighted by molar-refractivity contribution is -0.118. The van der Waals surface area contributed by atoms with Crippen LogP contribution in [0.2, 0.25) is 0 Å². The Morgan fingerprint density at radius 3 is 2.69 bits per heavy atom. The monoisotopic (exact) mass is 453 g/mol. The van der Waals surface area contributed by atoms with Gasteiger partial charge in [-0.15, -0.1) is 0 Å². The number of alkyl carbamates (subject to hydrolysis) is 1. The largest absolute Gasteiger partial charge is 0.443 e. The predicted molar refractivity (Wildman–Crippen MR) is 124 cm³/mol. The molecule has 0 radical (unpaired) electrons. The van der Waals surface area contributed by atoms with E-state index in [1.54, 1.807) is 7.11 Å². The van der Waals surface area contributed by atoms with Crippen molar-refractivity contribution in [3.8, 4) is 0 Å². The second-order valence-corrected chi connectivity index (χ2v) is 10.2. The van der Waals surface area contributed by atoms with Gasteiger partial charge in [-0.2, -0.15) is 0 Å². The Labute approximate surface area is 193 Å². The Balaban J connectivity index is 1.59. The second-order valence-electron chi connectivity index (χ2n) is 10.2. The van der Waals surface area contributed by atoms with Crippen LogP contribution in [-0.2, 0) is 18.9 Å². The van der Waals surface area contributed by atoms with E-state index in [1.165, 1.54) is 5.57 Å². The maximum atomic E-state index is 12.7. The van der Waals surface area contributed by atoms with Gasteiger partial charge in [0.2, 0.25) is 0 Å². The molecule has 3 fully saturated rings. The van der Waals surface area contributed by atoms with Gasteiger partial charge in [0.1, 0.15) is 23.4 Å². The maximum absolute atomic E-state index is 12.7. The molecule has 0 aromatic heterocycles. The van der Waals surface area contributed by atoms with E-state index in [9.17, 15) is 4.79 Å². The molecule has 5 unspecified atom stereocenters. The third-order valence-corrected chi connectivity index (χ3v) is 7.19. The molecule has 1 saturated carbocycles. The minimum absolute atomic E-state index is 0.0134. The maximum Gasteiger partial charge on any atom is 0.407 e. The number of methoxy groups -OCH3 is 1. The van der Waals surface area contributed by atoms with Crippen molar-refractivity contribution in [2.45, 2.75) is 82.5 Å². The molecule has 2 aliphatic heterocycles. The van der Waals surface area contributed by atoms with Gasteiger partial charge in [0.15, 0.2) is 0 Å². The van der Waals surface area contributed by atoms with Gasteiger partial charge >= 0.3 is 6.09 Å². The minimum atomic E-state index is -0.388. The highest BCUT2D eigenvalue weighted by Crippen LogP contribution is 2.59. The highest BCUT2D eigenvalue weighted by Gasteiger charge is 2.72. The van der Waals surface area contributed by atoms with Crippen molar-refractivity contribution in [1.29, 1.82) is 0 Å². The lowest BCUT2D eigenvalue weighted by Gasteiger charge is -2.42. The third kappa shape index (κ3) is 5.83. The first kappa shape index (κ1) is 25.4. The summed E-state index contributed by atoms with van der Waals surface area (Å²) in [7, 11) is 5.68. The second kappa shape index (κ2) is 10.4.